The Bertz CT molecular complexity index is 2110. The van der Waals surface area contributed by atoms with Crippen molar-refractivity contribution < 1.29 is 23.4 Å². The normalized spacial score (nSPS) is 18.0. The van der Waals surface area contributed by atoms with Crippen molar-refractivity contribution >= 4 is 22.6 Å². The van der Waals surface area contributed by atoms with E-state index in [1.165, 1.54) is 0 Å². The Morgan fingerprint density at radius 3 is 2.22 bits per heavy atom. The lowest BCUT2D eigenvalue weighted by atomic mass is 9.86. The SMILES string of the molecule is C[C@@H]1CN(C(=O)OC(C)(C)C)CC[C@@H]1CN1CC=C(c2ccc3c(-c4ccc(OCc5ccccc5)nc4OCc4ccccc4)nn(C)c3c2F)CC1. The van der Waals surface area contributed by atoms with Crippen LogP contribution < -0.4 is 9.47 Å². The lowest BCUT2D eigenvalue weighted by molar-refractivity contribution is 0.00920. The standard InChI is InChI=1S/C44H50FN5O4/c1-30-26-50(43(51)54-44(2,3)4)25-22-34(30)27-49-23-20-33(21-24-49)35-16-17-36-40(47-48(5)41(36)39(35)45)37-18-19-38(52-28-31-12-8-6-9-13-31)46-42(37)53-29-32-14-10-7-11-15-32/h6-20,30,34H,21-29H2,1-5H3/t30-,34-/m1/s1. The van der Waals surface area contributed by atoms with E-state index in [4.69, 9.17) is 24.3 Å². The second kappa shape index (κ2) is 16.0. The van der Waals surface area contributed by atoms with E-state index >= 15 is 4.39 Å². The van der Waals surface area contributed by atoms with Gasteiger partial charge in [-0.2, -0.15) is 10.1 Å². The van der Waals surface area contributed by atoms with Gasteiger partial charge in [0, 0.05) is 56.8 Å². The van der Waals surface area contributed by atoms with E-state index in [2.05, 4.69) is 17.9 Å². The number of hydrogen-bond acceptors (Lipinski definition) is 7. The second-order valence-electron chi connectivity index (χ2n) is 15.5. The molecule has 7 rings (SSSR count). The van der Waals surface area contributed by atoms with E-state index in [9.17, 15) is 4.79 Å². The van der Waals surface area contributed by atoms with E-state index < -0.39 is 5.60 Å². The average molecular weight is 732 g/mol. The van der Waals surface area contributed by atoms with Gasteiger partial charge in [-0.15, -0.1) is 0 Å². The summed E-state index contributed by atoms with van der Waals surface area (Å²) in [5.41, 5.74) is 4.85. The Morgan fingerprint density at radius 2 is 1.57 bits per heavy atom. The number of ether oxygens (including phenoxy) is 3. The Morgan fingerprint density at radius 1 is 0.889 bits per heavy atom. The molecule has 3 aromatic carbocycles. The van der Waals surface area contributed by atoms with E-state index in [1.54, 1.807) is 11.7 Å². The number of benzene rings is 3. The highest BCUT2D eigenvalue weighted by Gasteiger charge is 2.33. The van der Waals surface area contributed by atoms with Crippen molar-refractivity contribution in [3.05, 3.63) is 114 Å². The predicted molar refractivity (Wildman–Crippen MR) is 210 cm³/mol. The first-order chi connectivity index (χ1) is 26.0. The number of aryl methyl sites for hydroxylation is 1. The molecule has 2 aliphatic rings. The van der Waals surface area contributed by atoms with E-state index in [0.29, 0.717) is 77.6 Å². The van der Waals surface area contributed by atoms with Gasteiger partial charge in [-0.25, -0.2) is 9.18 Å². The molecule has 282 valence electrons. The molecule has 54 heavy (non-hydrogen) atoms. The second-order valence-corrected chi connectivity index (χ2v) is 15.5. The highest BCUT2D eigenvalue weighted by molar-refractivity contribution is 5.96. The molecule has 5 aromatic rings. The maximum Gasteiger partial charge on any atom is 0.410 e. The third-order valence-corrected chi connectivity index (χ3v) is 10.3. The summed E-state index contributed by atoms with van der Waals surface area (Å²) >= 11 is 0. The maximum atomic E-state index is 16.5. The Kier molecular flexibility index (Phi) is 11.0. The zero-order valence-corrected chi connectivity index (χ0v) is 31.9. The van der Waals surface area contributed by atoms with Crippen LogP contribution in [-0.2, 0) is 25.0 Å². The minimum atomic E-state index is -0.498. The number of likely N-dealkylation sites (tertiary alicyclic amines) is 1. The number of piperidine rings is 1. The molecule has 0 bridgehead atoms. The van der Waals surface area contributed by atoms with Crippen LogP contribution in [0.1, 0.15) is 57.2 Å². The third-order valence-electron chi connectivity index (χ3n) is 10.3. The number of rotatable bonds is 10. The van der Waals surface area contributed by atoms with Gasteiger partial charge >= 0.3 is 6.09 Å². The number of hydrogen-bond donors (Lipinski definition) is 0. The minimum Gasteiger partial charge on any atom is -0.473 e. The van der Waals surface area contributed by atoms with Gasteiger partial charge in [0.25, 0.3) is 0 Å². The van der Waals surface area contributed by atoms with Gasteiger partial charge < -0.3 is 19.1 Å². The molecule has 4 heterocycles. The molecule has 2 aliphatic heterocycles. The molecule has 1 amide bonds. The van der Waals surface area contributed by atoms with Crippen molar-refractivity contribution in [3.8, 4) is 23.0 Å². The van der Waals surface area contributed by atoms with Crippen LogP contribution in [0.3, 0.4) is 0 Å². The van der Waals surface area contributed by atoms with Gasteiger partial charge in [0.2, 0.25) is 11.8 Å². The molecule has 1 saturated heterocycles. The van der Waals surface area contributed by atoms with Crippen LogP contribution in [0.15, 0.2) is 91.0 Å². The number of aromatic nitrogens is 3. The first-order valence-corrected chi connectivity index (χ1v) is 18.9. The summed E-state index contributed by atoms with van der Waals surface area (Å²) in [4.78, 5) is 21.7. The highest BCUT2D eigenvalue weighted by Crippen LogP contribution is 2.38. The predicted octanol–water partition coefficient (Wildman–Crippen LogP) is 8.91. The van der Waals surface area contributed by atoms with Gasteiger partial charge in [-0.3, -0.25) is 9.58 Å². The largest absolute Gasteiger partial charge is 0.473 e. The molecule has 0 aliphatic carbocycles. The summed E-state index contributed by atoms with van der Waals surface area (Å²) in [5.74, 6) is 1.37. The van der Waals surface area contributed by atoms with Crippen LogP contribution >= 0.6 is 0 Å². The van der Waals surface area contributed by atoms with Crippen molar-refractivity contribution in [2.45, 2.75) is 59.4 Å². The molecular weight excluding hydrogens is 682 g/mol. The van der Waals surface area contributed by atoms with Gasteiger partial charge in [0.1, 0.15) is 30.0 Å². The summed E-state index contributed by atoms with van der Waals surface area (Å²) in [5, 5.41) is 5.51. The topological polar surface area (TPSA) is 82.0 Å². The summed E-state index contributed by atoms with van der Waals surface area (Å²) in [6.07, 6.45) is 3.64. The first kappa shape index (κ1) is 37.1. The quantitative estimate of drug-likeness (QED) is 0.142. The van der Waals surface area contributed by atoms with Crippen molar-refractivity contribution in [1.29, 1.82) is 0 Å². The number of nitrogens with zero attached hydrogens (tertiary/aromatic N) is 5. The third kappa shape index (κ3) is 8.60. The number of carbonyl (C=O) groups excluding carboxylic acids is 1. The number of pyridine rings is 1. The highest BCUT2D eigenvalue weighted by atomic mass is 19.1. The van der Waals surface area contributed by atoms with Crippen LogP contribution in [0.25, 0.3) is 27.7 Å². The molecule has 2 atom stereocenters. The summed E-state index contributed by atoms with van der Waals surface area (Å²) in [7, 11) is 1.78. The zero-order valence-electron chi connectivity index (χ0n) is 31.9. The van der Waals surface area contributed by atoms with E-state index in [0.717, 1.165) is 49.2 Å². The lowest BCUT2D eigenvalue weighted by Gasteiger charge is -2.40. The molecule has 0 spiro atoms. The molecule has 9 nitrogen and oxygen atoms in total. The lowest BCUT2D eigenvalue weighted by Crippen LogP contribution is -2.47. The first-order valence-electron chi connectivity index (χ1n) is 18.9. The van der Waals surface area contributed by atoms with E-state index in [-0.39, 0.29) is 11.9 Å². The van der Waals surface area contributed by atoms with Gasteiger partial charge in [0.15, 0.2) is 5.82 Å². The van der Waals surface area contributed by atoms with Gasteiger partial charge in [-0.1, -0.05) is 79.7 Å². The van der Waals surface area contributed by atoms with E-state index in [1.807, 2.05) is 111 Å². The van der Waals surface area contributed by atoms with Gasteiger partial charge in [0.05, 0.1) is 5.56 Å². The molecule has 0 unspecified atom stereocenters. The Balaban J connectivity index is 1.07. The van der Waals surface area contributed by atoms with Crippen LogP contribution in [0.4, 0.5) is 9.18 Å². The number of amides is 1. The van der Waals surface area contributed by atoms with Crippen LogP contribution in [0, 0.1) is 17.7 Å². The molecular formula is C44H50FN5O4. The van der Waals surface area contributed by atoms with Gasteiger partial charge in [-0.05, 0) is 74.3 Å². The number of fused-ring (bicyclic) bond motifs is 1. The molecule has 0 saturated carbocycles. The summed E-state index contributed by atoms with van der Waals surface area (Å²) in [6, 6.07) is 27.4. The maximum absolute atomic E-state index is 16.5. The minimum absolute atomic E-state index is 0.228. The average Bonchev–Trinajstić information content (AvgIpc) is 3.51. The molecule has 2 aromatic heterocycles. The van der Waals surface area contributed by atoms with Crippen LogP contribution in [-0.4, -0.2) is 69.0 Å². The monoisotopic (exact) mass is 731 g/mol. The Hall–Kier alpha value is -5.22. The van der Waals surface area contributed by atoms with Crippen molar-refractivity contribution in [2.75, 3.05) is 32.7 Å². The fraction of sp³-hybridized carbons (Fsp3) is 0.386. The van der Waals surface area contributed by atoms with Crippen molar-refractivity contribution in [3.63, 3.8) is 0 Å². The zero-order chi connectivity index (χ0) is 37.8. The number of halogens is 1. The van der Waals surface area contributed by atoms with Crippen molar-refractivity contribution in [1.82, 2.24) is 24.6 Å². The van der Waals surface area contributed by atoms with Crippen LogP contribution in [0.2, 0.25) is 0 Å². The fourth-order valence-corrected chi connectivity index (χ4v) is 7.44. The number of carbonyl (C=O) groups is 1. The molecule has 0 N–H and O–H groups in total. The van der Waals surface area contributed by atoms with Crippen molar-refractivity contribution in [2.24, 2.45) is 18.9 Å². The molecule has 10 heteroatoms. The molecule has 1 fully saturated rings. The summed E-state index contributed by atoms with van der Waals surface area (Å²) < 4.78 is 36.1. The molecule has 0 radical (unpaired) electrons. The smallest absolute Gasteiger partial charge is 0.410 e. The Labute approximate surface area is 317 Å². The van der Waals surface area contributed by atoms with Crippen LogP contribution in [0.5, 0.6) is 11.8 Å². The summed E-state index contributed by atoms with van der Waals surface area (Å²) in [6.45, 7) is 12.6. The fourth-order valence-electron chi connectivity index (χ4n) is 7.44.